The maximum atomic E-state index is 12.7. The molecule has 0 spiro atoms. The maximum absolute atomic E-state index is 12.7. The number of fused-ring (bicyclic) bond motifs is 1. The van der Waals surface area contributed by atoms with E-state index in [1.807, 2.05) is 12.1 Å². The highest BCUT2D eigenvalue weighted by molar-refractivity contribution is 7.90. The minimum atomic E-state index is -3.63. The van der Waals surface area contributed by atoms with Gasteiger partial charge >= 0.3 is 0 Å². The van der Waals surface area contributed by atoms with Crippen LogP contribution in [0.4, 0.5) is 0 Å². The van der Waals surface area contributed by atoms with Crippen LogP contribution in [0.25, 0.3) is 10.9 Å². The summed E-state index contributed by atoms with van der Waals surface area (Å²) in [5, 5.41) is 0.759. The molecule has 3 nitrogen and oxygen atoms in total. The minimum Gasteiger partial charge on any atom is -0.240 e. The van der Waals surface area contributed by atoms with Crippen molar-refractivity contribution in [1.82, 2.24) is 3.97 Å². The number of nitrogens with zero attached hydrogens (tertiary/aromatic N) is 1. The molecule has 20 heavy (non-hydrogen) atoms. The lowest BCUT2D eigenvalue weighted by Crippen LogP contribution is -2.11. The van der Waals surface area contributed by atoms with E-state index in [1.54, 1.807) is 42.5 Å². The number of para-hydroxylation sites is 1. The molecule has 0 aliphatic rings. The maximum Gasteiger partial charge on any atom is 0.268 e. The second-order valence-electron chi connectivity index (χ2n) is 4.32. The topological polar surface area (TPSA) is 39.1 Å². The quantitative estimate of drug-likeness (QED) is 0.678. The van der Waals surface area contributed by atoms with Crippen LogP contribution in [-0.2, 0) is 10.0 Å². The van der Waals surface area contributed by atoms with Crippen LogP contribution in [-0.4, -0.2) is 12.4 Å². The molecule has 0 radical (unpaired) electrons. The molecule has 0 atom stereocenters. The average Bonchev–Trinajstić information content (AvgIpc) is 2.88. The van der Waals surface area contributed by atoms with Gasteiger partial charge < -0.3 is 0 Å². The van der Waals surface area contributed by atoms with Crippen molar-refractivity contribution in [3.63, 3.8) is 0 Å². The fourth-order valence-electron chi connectivity index (χ4n) is 2.17. The lowest BCUT2D eigenvalue weighted by molar-refractivity contribution is 0.589. The van der Waals surface area contributed by atoms with Crippen molar-refractivity contribution in [3.8, 4) is 12.3 Å². The molecule has 4 heteroatoms. The van der Waals surface area contributed by atoms with Crippen LogP contribution < -0.4 is 0 Å². The standard InChI is InChI=1S/C16H11NO2S/c1-2-13-12-17(16-11-7-6-10-15(13)16)20(18,19)14-8-4-3-5-9-14/h1,3-12H. The number of rotatable bonds is 2. The zero-order valence-corrected chi connectivity index (χ0v) is 11.3. The van der Waals surface area contributed by atoms with Gasteiger partial charge in [-0.2, -0.15) is 0 Å². The van der Waals surface area contributed by atoms with Gasteiger partial charge in [-0.15, -0.1) is 6.42 Å². The first-order chi connectivity index (χ1) is 9.64. The molecule has 0 aliphatic carbocycles. The number of hydrogen-bond acceptors (Lipinski definition) is 2. The second-order valence-corrected chi connectivity index (χ2v) is 6.13. The number of terminal acetylenes is 1. The first kappa shape index (κ1) is 12.5. The zero-order chi connectivity index (χ0) is 14.2. The Morgan fingerprint density at radius 3 is 2.30 bits per heavy atom. The molecule has 0 saturated carbocycles. The predicted octanol–water partition coefficient (Wildman–Crippen LogP) is 2.86. The van der Waals surface area contributed by atoms with Crippen molar-refractivity contribution in [2.24, 2.45) is 0 Å². The molecular formula is C16H11NO2S. The molecule has 0 aliphatic heterocycles. The van der Waals surface area contributed by atoms with Gasteiger partial charge in [0.25, 0.3) is 10.0 Å². The fourth-order valence-corrected chi connectivity index (χ4v) is 3.56. The summed E-state index contributed by atoms with van der Waals surface area (Å²) in [6.45, 7) is 0. The van der Waals surface area contributed by atoms with E-state index in [0.717, 1.165) is 5.39 Å². The van der Waals surface area contributed by atoms with E-state index in [2.05, 4.69) is 5.92 Å². The van der Waals surface area contributed by atoms with Gasteiger partial charge in [0.15, 0.2) is 0 Å². The van der Waals surface area contributed by atoms with Gasteiger partial charge in [-0.25, -0.2) is 12.4 Å². The molecule has 0 fully saturated rings. The van der Waals surface area contributed by atoms with Gasteiger partial charge in [0.2, 0.25) is 0 Å². The van der Waals surface area contributed by atoms with Gasteiger partial charge in [-0.05, 0) is 18.2 Å². The molecule has 1 aromatic heterocycles. The SMILES string of the molecule is C#Cc1cn(S(=O)(=O)c2ccccc2)c2ccccc12. The summed E-state index contributed by atoms with van der Waals surface area (Å²) in [5.74, 6) is 2.53. The zero-order valence-electron chi connectivity index (χ0n) is 10.5. The Balaban J connectivity index is 2.34. The monoisotopic (exact) mass is 281 g/mol. The Labute approximate surface area is 117 Å². The van der Waals surface area contributed by atoms with E-state index < -0.39 is 10.0 Å². The van der Waals surface area contributed by atoms with Crippen molar-refractivity contribution in [3.05, 3.63) is 66.4 Å². The van der Waals surface area contributed by atoms with Crippen LogP contribution in [0.1, 0.15) is 5.56 Å². The van der Waals surface area contributed by atoms with E-state index in [9.17, 15) is 8.42 Å². The van der Waals surface area contributed by atoms with Crippen molar-refractivity contribution in [2.45, 2.75) is 4.90 Å². The van der Waals surface area contributed by atoms with Crippen LogP contribution in [0.15, 0.2) is 65.7 Å². The van der Waals surface area contributed by atoms with Crippen molar-refractivity contribution >= 4 is 20.9 Å². The summed E-state index contributed by atoms with van der Waals surface area (Å²) in [6.07, 6.45) is 6.95. The molecule has 3 aromatic rings. The highest BCUT2D eigenvalue weighted by Gasteiger charge is 2.20. The van der Waals surface area contributed by atoms with E-state index in [4.69, 9.17) is 6.42 Å². The average molecular weight is 281 g/mol. The largest absolute Gasteiger partial charge is 0.268 e. The Hall–Kier alpha value is -2.51. The normalized spacial score (nSPS) is 11.3. The molecule has 1 heterocycles. The third-order valence-corrected chi connectivity index (χ3v) is 4.82. The van der Waals surface area contributed by atoms with Crippen LogP contribution >= 0.6 is 0 Å². The van der Waals surface area contributed by atoms with Crippen LogP contribution in [0.5, 0.6) is 0 Å². The van der Waals surface area contributed by atoms with E-state index in [-0.39, 0.29) is 4.90 Å². The molecule has 0 saturated heterocycles. The van der Waals surface area contributed by atoms with Gasteiger partial charge in [0.05, 0.1) is 16.0 Å². The van der Waals surface area contributed by atoms with Crippen LogP contribution in [0.3, 0.4) is 0 Å². The number of hydrogen-bond donors (Lipinski definition) is 0. The molecule has 2 aromatic carbocycles. The summed E-state index contributed by atoms with van der Waals surface area (Å²) in [4.78, 5) is 0.240. The lowest BCUT2D eigenvalue weighted by atomic mass is 10.2. The first-order valence-corrected chi connectivity index (χ1v) is 7.46. The highest BCUT2D eigenvalue weighted by atomic mass is 32.2. The first-order valence-electron chi connectivity index (χ1n) is 6.02. The van der Waals surface area contributed by atoms with Crippen molar-refractivity contribution in [2.75, 3.05) is 0 Å². The van der Waals surface area contributed by atoms with E-state index in [0.29, 0.717) is 11.1 Å². The Bertz CT molecular complexity index is 916. The fraction of sp³-hybridized carbons (Fsp3) is 0. The van der Waals surface area contributed by atoms with Gasteiger partial charge in [0, 0.05) is 11.6 Å². The Kier molecular flexibility index (Phi) is 2.85. The Morgan fingerprint density at radius 1 is 0.950 bits per heavy atom. The second kappa shape index (κ2) is 4.55. The van der Waals surface area contributed by atoms with E-state index in [1.165, 1.54) is 10.2 Å². The number of aromatic nitrogens is 1. The minimum absolute atomic E-state index is 0.240. The molecule has 3 rings (SSSR count). The molecule has 0 amide bonds. The summed E-state index contributed by atoms with van der Waals surface area (Å²) in [5.41, 5.74) is 1.16. The molecule has 0 bridgehead atoms. The summed E-state index contributed by atoms with van der Waals surface area (Å²) in [6, 6.07) is 15.5. The third-order valence-electron chi connectivity index (χ3n) is 3.13. The molecule has 0 unspecified atom stereocenters. The van der Waals surface area contributed by atoms with Crippen molar-refractivity contribution in [1.29, 1.82) is 0 Å². The van der Waals surface area contributed by atoms with Crippen LogP contribution in [0.2, 0.25) is 0 Å². The highest BCUT2D eigenvalue weighted by Crippen LogP contribution is 2.25. The van der Waals surface area contributed by atoms with Crippen molar-refractivity contribution < 1.29 is 8.42 Å². The summed E-state index contributed by atoms with van der Waals surface area (Å²) >= 11 is 0. The van der Waals surface area contributed by atoms with Gasteiger partial charge in [0.1, 0.15) is 0 Å². The third kappa shape index (κ3) is 1.80. The smallest absolute Gasteiger partial charge is 0.240 e. The van der Waals surface area contributed by atoms with Gasteiger partial charge in [-0.3, -0.25) is 0 Å². The van der Waals surface area contributed by atoms with E-state index >= 15 is 0 Å². The number of benzene rings is 2. The molecule has 98 valence electrons. The van der Waals surface area contributed by atoms with Gasteiger partial charge in [-0.1, -0.05) is 42.3 Å². The Morgan fingerprint density at radius 2 is 1.60 bits per heavy atom. The predicted molar refractivity (Wildman–Crippen MR) is 78.9 cm³/mol. The lowest BCUT2D eigenvalue weighted by Gasteiger charge is -2.06. The molecule has 0 N–H and O–H groups in total. The van der Waals surface area contributed by atoms with Crippen LogP contribution in [0, 0.1) is 12.3 Å². The summed E-state index contributed by atoms with van der Waals surface area (Å²) in [7, 11) is -3.63. The summed E-state index contributed by atoms with van der Waals surface area (Å²) < 4.78 is 26.6. The molecular weight excluding hydrogens is 270 g/mol.